The number of fused-ring (bicyclic) bond motifs is 3. The fourth-order valence-electron chi connectivity index (χ4n) is 6.36. The molecule has 3 aromatic carbocycles. The second kappa shape index (κ2) is 16.9. The summed E-state index contributed by atoms with van der Waals surface area (Å²) in [6, 6.07) is 18.2. The van der Waals surface area contributed by atoms with Gasteiger partial charge in [-0.25, -0.2) is 0 Å². The van der Waals surface area contributed by atoms with Crippen LogP contribution in [0.25, 0.3) is 10.9 Å². The lowest BCUT2D eigenvalue weighted by molar-refractivity contribution is -0.123. The van der Waals surface area contributed by atoms with E-state index in [4.69, 9.17) is 14.2 Å². The number of aromatic nitrogens is 1. The van der Waals surface area contributed by atoms with Gasteiger partial charge in [0.2, 0.25) is 11.8 Å². The Morgan fingerprint density at radius 1 is 0.882 bits per heavy atom. The first-order chi connectivity index (χ1) is 24.6. The van der Waals surface area contributed by atoms with Crippen LogP contribution >= 0.6 is 0 Å². The Hall–Kier alpha value is -5.52. The SMILES string of the molecule is COc1ccc(C[C@@H]2NC(=O)c3ccc(OC)c(c3)CCCNC(=O)CN(C(=O)c3cc4cc(OC)ccc4[nH]3)C[C@H](CC(C)C)NC2=O)cc1. The van der Waals surface area contributed by atoms with Gasteiger partial charge in [0.05, 0.1) is 27.9 Å². The first kappa shape index (κ1) is 36.8. The van der Waals surface area contributed by atoms with Gasteiger partial charge in [0, 0.05) is 42.0 Å². The second-order valence-electron chi connectivity index (χ2n) is 13.2. The second-order valence-corrected chi connectivity index (χ2v) is 13.2. The summed E-state index contributed by atoms with van der Waals surface area (Å²) in [6.45, 7) is 4.25. The van der Waals surface area contributed by atoms with E-state index in [2.05, 4.69) is 20.9 Å². The number of amides is 4. The number of aromatic amines is 1. The van der Waals surface area contributed by atoms with Gasteiger partial charge in [-0.2, -0.15) is 0 Å². The molecule has 2 bridgehead atoms. The maximum atomic E-state index is 14.2. The minimum atomic E-state index is -0.946. The molecule has 1 aliphatic rings. The van der Waals surface area contributed by atoms with E-state index in [9.17, 15) is 19.2 Å². The molecule has 0 radical (unpaired) electrons. The number of aryl methyl sites for hydroxylation is 1. The van der Waals surface area contributed by atoms with Crippen molar-refractivity contribution in [1.82, 2.24) is 25.8 Å². The Morgan fingerprint density at radius 3 is 2.33 bits per heavy atom. The van der Waals surface area contributed by atoms with Crippen molar-refractivity contribution >= 4 is 34.5 Å². The minimum absolute atomic E-state index is 0.0655. The molecular weight excluding hydrogens is 650 g/mol. The number of nitrogens with one attached hydrogen (secondary N) is 4. The molecule has 12 nitrogen and oxygen atoms in total. The van der Waals surface area contributed by atoms with Gasteiger partial charge in [0.1, 0.15) is 29.0 Å². The summed E-state index contributed by atoms with van der Waals surface area (Å²) in [4.78, 5) is 60.0. The molecule has 4 N–H and O–H groups in total. The van der Waals surface area contributed by atoms with Gasteiger partial charge in [-0.15, -0.1) is 0 Å². The lowest BCUT2D eigenvalue weighted by Gasteiger charge is -2.30. The third-order valence-corrected chi connectivity index (χ3v) is 8.93. The Kier molecular flexibility index (Phi) is 12.2. The Balaban J connectivity index is 1.49. The molecule has 0 unspecified atom stereocenters. The van der Waals surface area contributed by atoms with Crippen molar-refractivity contribution in [2.24, 2.45) is 5.92 Å². The fraction of sp³-hybridized carbons (Fsp3) is 0.385. The van der Waals surface area contributed by atoms with Gasteiger partial charge >= 0.3 is 0 Å². The molecule has 2 heterocycles. The maximum absolute atomic E-state index is 14.2. The average molecular weight is 698 g/mol. The summed E-state index contributed by atoms with van der Waals surface area (Å²) in [6.07, 6.45) is 1.83. The van der Waals surface area contributed by atoms with Crippen LogP contribution < -0.4 is 30.2 Å². The number of ether oxygens (including phenoxy) is 3. The van der Waals surface area contributed by atoms with E-state index in [-0.39, 0.29) is 37.2 Å². The van der Waals surface area contributed by atoms with Crippen LogP contribution in [0.4, 0.5) is 0 Å². The van der Waals surface area contributed by atoms with Gasteiger partial charge in [-0.1, -0.05) is 26.0 Å². The van der Waals surface area contributed by atoms with Crippen LogP contribution in [0.1, 0.15) is 58.7 Å². The molecule has 0 spiro atoms. The summed E-state index contributed by atoms with van der Waals surface area (Å²) >= 11 is 0. The molecule has 4 amide bonds. The van der Waals surface area contributed by atoms with E-state index in [1.54, 1.807) is 63.8 Å². The van der Waals surface area contributed by atoms with Crippen LogP contribution in [0.3, 0.4) is 0 Å². The van der Waals surface area contributed by atoms with E-state index < -0.39 is 23.9 Å². The summed E-state index contributed by atoms with van der Waals surface area (Å²) < 4.78 is 16.2. The summed E-state index contributed by atoms with van der Waals surface area (Å²) in [5.74, 6) is 0.568. The number of H-pyrrole nitrogens is 1. The van der Waals surface area contributed by atoms with Gasteiger partial charge in [0.25, 0.3) is 11.8 Å². The monoisotopic (exact) mass is 697 g/mol. The average Bonchev–Trinajstić information content (AvgIpc) is 3.55. The van der Waals surface area contributed by atoms with Crippen LogP contribution in [0, 0.1) is 5.92 Å². The first-order valence-electron chi connectivity index (χ1n) is 17.2. The van der Waals surface area contributed by atoms with Gasteiger partial charge in [-0.3, -0.25) is 19.2 Å². The molecular formula is C39H47N5O7. The van der Waals surface area contributed by atoms with Gasteiger partial charge in [-0.05, 0) is 90.9 Å². The highest BCUT2D eigenvalue weighted by molar-refractivity contribution is 6.00. The molecule has 4 aromatic rings. The molecule has 5 rings (SSSR count). The molecule has 51 heavy (non-hydrogen) atoms. The third kappa shape index (κ3) is 9.59. The Labute approximate surface area is 298 Å². The zero-order valence-corrected chi connectivity index (χ0v) is 29.8. The van der Waals surface area contributed by atoms with Crippen molar-refractivity contribution in [2.75, 3.05) is 41.0 Å². The topological polar surface area (TPSA) is 151 Å². The first-order valence-corrected chi connectivity index (χ1v) is 17.2. The van der Waals surface area contributed by atoms with Crippen LogP contribution in [0.2, 0.25) is 0 Å². The highest BCUT2D eigenvalue weighted by atomic mass is 16.5. The number of methoxy groups -OCH3 is 3. The lowest BCUT2D eigenvalue weighted by Crippen LogP contribution is -2.54. The van der Waals surface area contributed by atoms with E-state index in [0.29, 0.717) is 54.3 Å². The molecule has 12 heteroatoms. The maximum Gasteiger partial charge on any atom is 0.270 e. The van der Waals surface area contributed by atoms with Crippen molar-refractivity contribution < 1.29 is 33.4 Å². The van der Waals surface area contributed by atoms with Crippen LogP contribution in [-0.2, 0) is 22.4 Å². The standard InChI is InChI=1S/C39H47N5O7/c1-24(2)17-29-22-44(39(48)34-21-28-20-31(50-4)13-14-32(28)42-34)23-36(45)40-16-6-7-26-19-27(10-15-35(26)51-5)37(46)43-33(38(47)41-29)18-25-8-11-30(49-3)12-9-25/h8-15,19-21,24,29,33,42H,6-7,16-18,22-23H2,1-5H3,(H,40,45)(H,41,47)(H,43,46)/t29-,33-/m0/s1. The Bertz CT molecular complexity index is 1850. The number of nitrogens with zero attached hydrogens (tertiary/aromatic N) is 1. The number of carbonyl (C=O) groups excluding carboxylic acids is 4. The summed E-state index contributed by atoms with van der Waals surface area (Å²) in [5.41, 5.74) is 3.06. The number of benzene rings is 3. The minimum Gasteiger partial charge on any atom is -0.497 e. The Morgan fingerprint density at radius 2 is 1.63 bits per heavy atom. The van der Waals surface area contributed by atoms with E-state index in [1.807, 2.05) is 38.1 Å². The third-order valence-electron chi connectivity index (χ3n) is 8.93. The lowest BCUT2D eigenvalue weighted by atomic mass is 10.00. The number of hydrogen-bond acceptors (Lipinski definition) is 7. The van der Waals surface area contributed by atoms with Crippen molar-refractivity contribution in [3.8, 4) is 17.2 Å². The van der Waals surface area contributed by atoms with Gasteiger partial charge in [0.15, 0.2) is 0 Å². The van der Waals surface area contributed by atoms with E-state index in [0.717, 1.165) is 22.0 Å². The van der Waals surface area contributed by atoms with Crippen molar-refractivity contribution in [2.45, 2.75) is 51.6 Å². The van der Waals surface area contributed by atoms with Crippen molar-refractivity contribution in [3.05, 3.63) is 89.1 Å². The molecule has 0 saturated carbocycles. The molecule has 0 aliphatic carbocycles. The highest BCUT2D eigenvalue weighted by Crippen LogP contribution is 2.24. The largest absolute Gasteiger partial charge is 0.497 e. The normalized spacial score (nSPS) is 17.7. The van der Waals surface area contributed by atoms with Crippen LogP contribution in [-0.4, -0.2) is 86.6 Å². The van der Waals surface area contributed by atoms with Gasteiger partial charge < -0.3 is 40.0 Å². The molecule has 0 saturated heterocycles. The molecule has 1 aromatic heterocycles. The quantitative estimate of drug-likeness (QED) is 0.215. The molecule has 270 valence electrons. The number of hydrogen-bond donors (Lipinski definition) is 4. The van der Waals surface area contributed by atoms with Crippen LogP contribution in [0.5, 0.6) is 17.2 Å². The predicted molar refractivity (Wildman–Crippen MR) is 194 cm³/mol. The fourth-order valence-corrected chi connectivity index (χ4v) is 6.36. The summed E-state index contributed by atoms with van der Waals surface area (Å²) in [5, 5.41) is 9.81. The zero-order valence-electron chi connectivity index (χ0n) is 29.8. The number of carbonyl (C=O) groups is 4. The predicted octanol–water partition coefficient (Wildman–Crippen LogP) is 4.27. The highest BCUT2D eigenvalue weighted by Gasteiger charge is 2.29. The number of rotatable bonds is 8. The molecule has 0 fully saturated rings. The van der Waals surface area contributed by atoms with Crippen molar-refractivity contribution in [3.63, 3.8) is 0 Å². The summed E-state index contributed by atoms with van der Waals surface area (Å²) in [7, 11) is 4.72. The molecule has 2 atom stereocenters. The molecule has 1 aliphatic heterocycles. The van der Waals surface area contributed by atoms with Crippen molar-refractivity contribution in [1.29, 1.82) is 0 Å². The smallest absolute Gasteiger partial charge is 0.270 e. The van der Waals surface area contributed by atoms with Crippen LogP contribution in [0.15, 0.2) is 66.7 Å². The van der Waals surface area contributed by atoms with E-state index >= 15 is 0 Å². The van der Waals surface area contributed by atoms with E-state index in [1.165, 1.54) is 4.90 Å². The zero-order chi connectivity index (χ0) is 36.5.